The number of hydrogen-bond acceptors (Lipinski definition) is 9. The Morgan fingerprint density at radius 3 is 2.93 bits per heavy atom. The maximum Gasteiger partial charge on any atom is 0.260 e. The number of H-pyrrole nitrogens is 1. The van der Waals surface area contributed by atoms with Crippen LogP contribution in [-0.2, 0) is 10.5 Å². The fourth-order valence-electron chi connectivity index (χ4n) is 2.62. The van der Waals surface area contributed by atoms with E-state index in [9.17, 15) is 4.79 Å². The third kappa shape index (κ3) is 4.25. The zero-order valence-electron chi connectivity index (χ0n) is 15.0. The maximum absolute atomic E-state index is 12.7. The average molecular weight is 432 g/mol. The molecule has 4 rings (SSSR count). The van der Waals surface area contributed by atoms with E-state index in [2.05, 4.69) is 25.5 Å². The standard InChI is InChI=1S/C18H17N5O2S3/c1-25-8-7-19-17-22-23-18(28-17)27-10-13-20-15(24)14-12(9-26-16(14)21-13)11-5-3-2-4-6-11/h2-6,9H,7-8,10H2,1H3,(H,19,22)(H,20,21,24). The Bertz CT molecular complexity index is 1120. The monoisotopic (exact) mass is 431 g/mol. The van der Waals surface area contributed by atoms with Crippen LogP contribution < -0.4 is 10.9 Å². The minimum atomic E-state index is -0.111. The highest BCUT2D eigenvalue weighted by molar-refractivity contribution is 8.00. The maximum atomic E-state index is 12.7. The van der Waals surface area contributed by atoms with Crippen LogP contribution in [0.5, 0.6) is 0 Å². The van der Waals surface area contributed by atoms with Gasteiger partial charge in [-0.3, -0.25) is 4.79 Å². The molecule has 0 saturated carbocycles. The molecule has 0 aliphatic rings. The van der Waals surface area contributed by atoms with Crippen molar-refractivity contribution in [2.24, 2.45) is 0 Å². The van der Waals surface area contributed by atoms with Crippen molar-refractivity contribution in [2.75, 3.05) is 25.6 Å². The van der Waals surface area contributed by atoms with Crippen molar-refractivity contribution in [1.82, 2.24) is 20.2 Å². The van der Waals surface area contributed by atoms with Crippen LogP contribution in [0.4, 0.5) is 5.13 Å². The first-order chi connectivity index (χ1) is 13.7. The Hall–Kier alpha value is -2.27. The van der Waals surface area contributed by atoms with Crippen molar-refractivity contribution in [3.63, 3.8) is 0 Å². The van der Waals surface area contributed by atoms with E-state index in [1.165, 1.54) is 34.4 Å². The van der Waals surface area contributed by atoms with Gasteiger partial charge in [-0.15, -0.1) is 21.5 Å². The van der Waals surface area contributed by atoms with Crippen LogP contribution in [0.25, 0.3) is 21.3 Å². The van der Waals surface area contributed by atoms with Gasteiger partial charge in [0.25, 0.3) is 5.56 Å². The van der Waals surface area contributed by atoms with E-state index in [0.717, 1.165) is 25.4 Å². The van der Waals surface area contributed by atoms with Crippen molar-refractivity contribution in [1.29, 1.82) is 0 Å². The summed E-state index contributed by atoms with van der Waals surface area (Å²) >= 11 is 4.45. The Morgan fingerprint density at radius 1 is 1.25 bits per heavy atom. The van der Waals surface area contributed by atoms with Gasteiger partial charge < -0.3 is 15.0 Å². The molecule has 3 aromatic heterocycles. The number of aromatic nitrogens is 4. The van der Waals surface area contributed by atoms with E-state index in [-0.39, 0.29) is 5.56 Å². The molecule has 4 aromatic rings. The zero-order valence-corrected chi connectivity index (χ0v) is 17.4. The van der Waals surface area contributed by atoms with E-state index in [1.54, 1.807) is 7.11 Å². The number of rotatable bonds is 8. The third-order valence-corrected chi connectivity index (χ3v) is 6.80. The molecule has 3 heterocycles. The third-order valence-electron chi connectivity index (χ3n) is 3.90. The molecule has 0 aliphatic heterocycles. The van der Waals surface area contributed by atoms with Gasteiger partial charge in [0.05, 0.1) is 17.7 Å². The van der Waals surface area contributed by atoms with Gasteiger partial charge in [-0.25, -0.2) is 4.98 Å². The van der Waals surface area contributed by atoms with Crippen LogP contribution in [0.15, 0.2) is 44.8 Å². The van der Waals surface area contributed by atoms with Crippen LogP contribution >= 0.6 is 34.4 Å². The van der Waals surface area contributed by atoms with Crippen LogP contribution in [0.2, 0.25) is 0 Å². The van der Waals surface area contributed by atoms with Crippen molar-refractivity contribution in [2.45, 2.75) is 10.1 Å². The summed E-state index contributed by atoms with van der Waals surface area (Å²) in [6.45, 7) is 1.29. The van der Waals surface area contributed by atoms with Crippen molar-refractivity contribution < 1.29 is 4.74 Å². The molecule has 1 aromatic carbocycles. The molecule has 0 spiro atoms. The predicted octanol–water partition coefficient (Wildman–Crippen LogP) is 3.85. The lowest BCUT2D eigenvalue weighted by Crippen LogP contribution is -2.10. The van der Waals surface area contributed by atoms with E-state index < -0.39 is 0 Å². The second kappa shape index (κ2) is 8.82. The number of hydrogen-bond donors (Lipinski definition) is 2. The molecule has 0 saturated heterocycles. The molecule has 0 unspecified atom stereocenters. The van der Waals surface area contributed by atoms with Crippen LogP contribution in [0.1, 0.15) is 5.82 Å². The number of nitrogens with one attached hydrogen (secondary N) is 2. The van der Waals surface area contributed by atoms with Crippen LogP contribution in [-0.4, -0.2) is 40.4 Å². The van der Waals surface area contributed by atoms with Gasteiger partial charge in [-0.2, -0.15) is 0 Å². The number of aromatic amines is 1. The molecule has 2 N–H and O–H groups in total. The van der Waals surface area contributed by atoms with E-state index >= 15 is 0 Å². The summed E-state index contributed by atoms with van der Waals surface area (Å²) in [7, 11) is 1.66. The lowest BCUT2D eigenvalue weighted by Gasteiger charge is -2.01. The quantitative estimate of drug-likeness (QED) is 0.323. The predicted molar refractivity (Wildman–Crippen MR) is 116 cm³/mol. The lowest BCUT2D eigenvalue weighted by molar-refractivity contribution is 0.211. The van der Waals surface area contributed by atoms with E-state index in [4.69, 9.17) is 4.74 Å². The highest BCUT2D eigenvalue weighted by Gasteiger charge is 2.13. The second-order valence-corrected chi connectivity index (χ2v) is 8.85. The molecular formula is C18H17N5O2S3. The van der Waals surface area contributed by atoms with Gasteiger partial charge in [-0.05, 0) is 5.56 Å². The molecule has 0 amide bonds. The number of methoxy groups -OCH3 is 1. The first kappa shape index (κ1) is 19.1. The number of fused-ring (bicyclic) bond motifs is 1. The van der Waals surface area contributed by atoms with Gasteiger partial charge in [0.1, 0.15) is 10.7 Å². The number of thioether (sulfide) groups is 1. The average Bonchev–Trinajstić information content (AvgIpc) is 3.34. The number of ether oxygens (including phenoxy) is 1. The second-order valence-electron chi connectivity index (χ2n) is 5.79. The molecule has 0 aliphatic carbocycles. The molecule has 28 heavy (non-hydrogen) atoms. The van der Waals surface area contributed by atoms with E-state index in [0.29, 0.717) is 30.1 Å². The minimum absolute atomic E-state index is 0.111. The number of anilines is 1. The smallest absolute Gasteiger partial charge is 0.260 e. The fourth-order valence-corrected chi connectivity index (χ4v) is 5.24. The molecule has 7 nitrogen and oxygen atoms in total. The lowest BCUT2D eigenvalue weighted by atomic mass is 10.1. The number of thiophene rings is 1. The zero-order chi connectivity index (χ0) is 19.3. The van der Waals surface area contributed by atoms with Crippen LogP contribution in [0, 0.1) is 0 Å². The van der Waals surface area contributed by atoms with Crippen molar-refractivity contribution >= 4 is 49.8 Å². The topological polar surface area (TPSA) is 92.8 Å². The SMILES string of the molecule is COCCNc1nnc(SCc2nc3scc(-c4ccccc4)c3c(=O)[nH]2)s1. The van der Waals surface area contributed by atoms with Crippen molar-refractivity contribution in [3.05, 3.63) is 51.9 Å². The summed E-state index contributed by atoms with van der Waals surface area (Å²) in [5.41, 5.74) is 1.83. The molecule has 0 radical (unpaired) electrons. The van der Waals surface area contributed by atoms with Gasteiger partial charge in [0.2, 0.25) is 5.13 Å². The van der Waals surface area contributed by atoms with Gasteiger partial charge in [0, 0.05) is 24.6 Å². The highest BCUT2D eigenvalue weighted by Crippen LogP contribution is 2.31. The molecule has 10 heteroatoms. The number of nitrogens with zero attached hydrogens (tertiary/aromatic N) is 3. The highest BCUT2D eigenvalue weighted by atomic mass is 32.2. The molecule has 144 valence electrons. The summed E-state index contributed by atoms with van der Waals surface area (Å²) in [6, 6.07) is 9.89. The number of benzene rings is 1. The summed E-state index contributed by atoms with van der Waals surface area (Å²) in [5.74, 6) is 1.16. The normalized spacial score (nSPS) is 11.2. The molecule has 0 bridgehead atoms. The Labute approximate surface area is 173 Å². The van der Waals surface area contributed by atoms with Gasteiger partial charge in [-0.1, -0.05) is 53.4 Å². The summed E-state index contributed by atoms with van der Waals surface area (Å²) < 4.78 is 5.82. The largest absolute Gasteiger partial charge is 0.383 e. The first-order valence-electron chi connectivity index (χ1n) is 8.49. The molecule has 0 atom stereocenters. The first-order valence-corrected chi connectivity index (χ1v) is 11.2. The van der Waals surface area contributed by atoms with Gasteiger partial charge in [0.15, 0.2) is 4.34 Å². The summed E-state index contributed by atoms with van der Waals surface area (Å²) in [5, 5.41) is 14.8. The molecular weight excluding hydrogens is 414 g/mol. The Kier molecular flexibility index (Phi) is 6.01. The van der Waals surface area contributed by atoms with Crippen molar-refractivity contribution in [3.8, 4) is 11.1 Å². The summed E-state index contributed by atoms with van der Waals surface area (Å²) in [6.07, 6.45) is 0. The Morgan fingerprint density at radius 2 is 2.11 bits per heavy atom. The van der Waals surface area contributed by atoms with Crippen LogP contribution in [0.3, 0.4) is 0 Å². The van der Waals surface area contributed by atoms with E-state index in [1.807, 2.05) is 35.7 Å². The minimum Gasteiger partial charge on any atom is -0.383 e. The summed E-state index contributed by atoms with van der Waals surface area (Å²) in [4.78, 5) is 21.0. The Balaban J connectivity index is 1.49. The van der Waals surface area contributed by atoms with Gasteiger partial charge >= 0.3 is 0 Å². The fraction of sp³-hybridized carbons (Fsp3) is 0.222. The molecule has 0 fully saturated rings.